The van der Waals surface area contributed by atoms with Crippen molar-refractivity contribution in [1.29, 1.82) is 0 Å². The highest BCUT2D eigenvalue weighted by Gasteiger charge is 2.01. The second-order valence-corrected chi connectivity index (χ2v) is 3.38. The molecule has 0 fully saturated rings. The summed E-state index contributed by atoms with van der Waals surface area (Å²) in [7, 11) is 0. The molecule has 1 nitrogen and oxygen atoms in total. The van der Waals surface area contributed by atoms with Crippen LogP contribution in [0, 0.1) is 9.52 Å². The Kier molecular flexibility index (Phi) is 1.68. The molecule has 1 heterocycles. The van der Waals surface area contributed by atoms with Crippen LogP contribution in [0.1, 0.15) is 1.37 Å². The van der Waals surface area contributed by atoms with Gasteiger partial charge < -0.3 is 0 Å². The van der Waals surface area contributed by atoms with Crippen LogP contribution >= 0.6 is 22.6 Å². The second kappa shape index (κ2) is 2.97. The minimum absolute atomic E-state index is 0.0741. The molecule has 12 heavy (non-hydrogen) atoms. The zero-order valence-electron chi connectivity index (χ0n) is 7.01. The quantitative estimate of drug-likeness (QED) is 0.531. The van der Waals surface area contributed by atoms with Gasteiger partial charge in [-0.05, 0) is 34.7 Å². The largest absolute Gasteiger partial charge is 0.239 e. The summed E-state index contributed by atoms with van der Waals surface area (Å²) in [4.78, 5) is 4.03. The molecule has 0 bridgehead atoms. The third-order valence-corrected chi connectivity index (χ3v) is 2.26. The highest BCUT2D eigenvalue weighted by molar-refractivity contribution is 14.1. The second-order valence-electron chi connectivity index (χ2n) is 2.36. The van der Waals surface area contributed by atoms with Crippen LogP contribution in [0.5, 0.6) is 0 Å². The Labute approximate surface area is 84.2 Å². The Bertz CT molecular complexity index is 472. The minimum Gasteiger partial charge on any atom is -0.239 e. The lowest BCUT2D eigenvalue weighted by atomic mass is 10.2. The van der Waals surface area contributed by atoms with Gasteiger partial charge in [0.05, 0.1) is 6.89 Å². The predicted octanol–water partition coefficient (Wildman–Crippen LogP) is 2.98. The Hall–Kier alpha value is -0.710. The van der Waals surface area contributed by atoms with E-state index in [9.17, 15) is 4.39 Å². The molecule has 2 aromatic rings. The van der Waals surface area contributed by atoms with Crippen LogP contribution in [0.3, 0.4) is 0 Å². The lowest BCUT2D eigenvalue weighted by Gasteiger charge is -1.97. The summed E-state index contributed by atoms with van der Waals surface area (Å²) in [5, 5.41) is 0.556. The van der Waals surface area contributed by atoms with E-state index in [0.29, 0.717) is 10.9 Å². The van der Waals surface area contributed by atoms with Crippen molar-refractivity contribution < 1.29 is 5.76 Å². The van der Waals surface area contributed by atoms with Gasteiger partial charge in [0, 0.05) is 5.39 Å². The summed E-state index contributed by atoms with van der Waals surface area (Å²) in [6.07, 6.45) is 0. The average molecular weight is 274 g/mol. The summed E-state index contributed by atoms with van der Waals surface area (Å²) in [5.41, 5.74) is 0.665. The predicted molar refractivity (Wildman–Crippen MR) is 54.4 cm³/mol. The van der Waals surface area contributed by atoms with Crippen LogP contribution in [0.25, 0.3) is 10.9 Å². The fraction of sp³-hybridized carbons (Fsp3) is 0. The van der Waals surface area contributed by atoms with Crippen LogP contribution in [0.15, 0.2) is 30.3 Å². The zero-order chi connectivity index (χ0) is 9.42. The number of aromatic nitrogens is 1. The van der Waals surface area contributed by atoms with E-state index in [1.165, 1.54) is 0 Å². The number of pyridine rings is 1. The summed E-state index contributed by atoms with van der Waals surface area (Å²) in [6.45, 7) is 0. The molecule has 0 saturated heterocycles. The van der Waals surface area contributed by atoms with Crippen LogP contribution in [0.4, 0.5) is 4.39 Å². The van der Waals surface area contributed by atoms with Gasteiger partial charge in [-0.2, -0.15) is 0 Å². The molecule has 1 aromatic carbocycles. The topological polar surface area (TPSA) is 12.9 Å². The molecule has 0 amide bonds. The number of hydrogen-bond donors (Lipinski definition) is 0. The fourth-order valence-corrected chi connectivity index (χ4v) is 1.40. The Balaban J connectivity index is 2.94. The molecule has 60 valence electrons. The molecule has 0 aliphatic heterocycles. The van der Waals surface area contributed by atoms with E-state index in [4.69, 9.17) is 1.37 Å². The van der Waals surface area contributed by atoms with Gasteiger partial charge in [-0.1, -0.05) is 18.2 Å². The number of benzene rings is 1. The van der Waals surface area contributed by atoms with E-state index < -0.39 is 5.82 Å². The van der Waals surface area contributed by atoms with Crippen LogP contribution in [-0.4, -0.2) is 4.98 Å². The smallest absolute Gasteiger partial charge is 0.155 e. The number of rotatable bonds is 0. The first-order valence-corrected chi connectivity index (χ1v) is 4.48. The van der Waals surface area contributed by atoms with Crippen molar-refractivity contribution in [3.63, 3.8) is 0 Å². The Morgan fingerprint density at radius 2 is 2.17 bits per heavy atom. The summed E-state index contributed by atoms with van der Waals surface area (Å²) in [5.74, 6) is -0.542. The van der Waals surface area contributed by atoms with Gasteiger partial charge in [0.25, 0.3) is 0 Å². The van der Waals surface area contributed by atoms with Crippen molar-refractivity contribution in [3.8, 4) is 0 Å². The van der Waals surface area contributed by atoms with Gasteiger partial charge in [-0.15, -0.1) is 0 Å². The lowest BCUT2D eigenvalue weighted by Crippen LogP contribution is -1.87. The highest BCUT2D eigenvalue weighted by Crippen LogP contribution is 2.16. The Morgan fingerprint density at radius 1 is 1.42 bits per heavy atom. The van der Waals surface area contributed by atoms with Gasteiger partial charge >= 0.3 is 0 Å². The maximum absolute atomic E-state index is 13.2. The number of hydrogen-bond acceptors (Lipinski definition) is 1. The van der Waals surface area contributed by atoms with E-state index in [1.54, 1.807) is 40.8 Å². The van der Waals surface area contributed by atoms with Crippen molar-refractivity contribution >= 4 is 33.5 Å². The van der Waals surface area contributed by atoms with E-state index in [2.05, 4.69) is 4.98 Å². The molecule has 1 aromatic heterocycles. The molecule has 0 unspecified atom stereocenters. The molecule has 2 rings (SSSR count). The molecule has 0 N–H and O–H groups in total. The van der Waals surface area contributed by atoms with Gasteiger partial charge in [0.2, 0.25) is 0 Å². The van der Waals surface area contributed by atoms with Crippen molar-refractivity contribution in [2.75, 3.05) is 0 Å². The number of para-hydroxylation sites is 1. The van der Waals surface area contributed by atoms with E-state index in [1.807, 2.05) is 6.07 Å². The SMILES string of the molecule is [2H]c1c(F)c(I)nc2ccccc12. The maximum Gasteiger partial charge on any atom is 0.155 e. The van der Waals surface area contributed by atoms with Crippen molar-refractivity contribution in [2.24, 2.45) is 0 Å². The van der Waals surface area contributed by atoms with Crippen LogP contribution in [0.2, 0.25) is 0 Å². The molecular weight excluding hydrogens is 268 g/mol. The van der Waals surface area contributed by atoms with Crippen LogP contribution in [-0.2, 0) is 0 Å². The number of nitrogens with zero attached hydrogens (tertiary/aromatic N) is 1. The molecule has 0 saturated carbocycles. The van der Waals surface area contributed by atoms with E-state index >= 15 is 0 Å². The summed E-state index contributed by atoms with van der Waals surface area (Å²) >= 11 is 1.79. The maximum atomic E-state index is 13.2. The third-order valence-electron chi connectivity index (χ3n) is 1.55. The van der Waals surface area contributed by atoms with Crippen molar-refractivity contribution in [2.45, 2.75) is 0 Å². The first kappa shape index (κ1) is 6.77. The van der Waals surface area contributed by atoms with Gasteiger partial charge in [-0.25, -0.2) is 9.37 Å². The molecule has 0 spiro atoms. The minimum atomic E-state index is -0.542. The van der Waals surface area contributed by atoms with Gasteiger partial charge in [-0.3, -0.25) is 0 Å². The third kappa shape index (κ3) is 1.29. The van der Waals surface area contributed by atoms with Gasteiger partial charge in [0.15, 0.2) is 5.82 Å². The monoisotopic (exact) mass is 274 g/mol. The van der Waals surface area contributed by atoms with Crippen molar-refractivity contribution in [1.82, 2.24) is 4.98 Å². The summed E-state index contributed by atoms with van der Waals surface area (Å²) in [6, 6.07) is 6.99. The standard InChI is InChI=1S/C9H5FIN/c10-7-5-6-3-1-2-4-8(6)12-9(7)11/h1-5H/i5D. The van der Waals surface area contributed by atoms with E-state index in [0.717, 1.165) is 0 Å². The number of fused-ring (bicyclic) bond motifs is 1. The zero-order valence-corrected chi connectivity index (χ0v) is 8.17. The highest BCUT2D eigenvalue weighted by atomic mass is 127. The van der Waals surface area contributed by atoms with Crippen LogP contribution < -0.4 is 0 Å². The first-order chi connectivity index (χ1) is 6.20. The van der Waals surface area contributed by atoms with E-state index in [-0.39, 0.29) is 9.74 Å². The Morgan fingerprint density at radius 3 is 3.00 bits per heavy atom. The molecule has 0 radical (unpaired) electrons. The van der Waals surface area contributed by atoms with Crippen molar-refractivity contribution in [3.05, 3.63) is 39.8 Å². The first-order valence-electron chi connectivity index (χ1n) is 3.90. The molecule has 0 aliphatic rings. The molecule has 3 heteroatoms. The number of halogens is 2. The molecule has 0 atom stereocenters. The molecular formula is C9H5FIN. The lowest BCUT2D eigenvalue weighted by molar-refractivity contribution is 0.615. The average Bonchev–Trinajstić information content (AvgIpc) is 2.15. The fourth-order valence-electron chi connectivity index (χ4n) is 1.00. The summed E-state index contributed by atoms with van der Waals surface area (Å²) < 4.78 is 21.0. The molecule has 0 aliphatic carbocycles. The van der Waals surface area contributed by atoms with Gasteiger partial charge in [0.1, 0.15) is 3.70 Å². The normalized spacial score (nSPS) is 11.7.